The zero-order chi connectivity index (χ0) is 24.6. The minimum Gasteiger partial charge on any atom is -0.486 e. The summed E-state index contributed by atoms with van der Waals surface area (Å²) in [6, 6.07) is 5.18. The number of anilines is 1. The van der Waals surface area contributed by atoms with Crippen molar-refractivity contribution in [3.63, 3.8) is 0 Å². The van der Waals surface area contributed by atoms with Gasteiger partial charge in [0.1, 0.15) is 13.2 Å². The number of H-pyrrole nitrogens is 1. The number of amides is 1. The van der Waals surface area contributed by atoms with Crippen LogP contribution in [0.4, 0.5) is 5.69 Å². The van der Waals surface area contributed by atoms with Crippen LogP contribution in [0.5, 0.6) is 11.5 Å². The van der Waals surface area contributed by atoms with Crippen LogP contribution in [0, 0.1) is 5.92 Å². The summed E-state index contributed by atoms with van der Waals surface area (Å²) in [7, 11) is 0. The number of thioether (sulfide) groups is 1. The summed E-state index contributed by atoms with van der Waals surface area (Å²) in [5.41, 5.74) is 0.361. The lowest BCUT2D eigenvalue weighted by molar-refractivity contribution is 0.102. The Morgan fingerprint density at radius 3 is 2.44 bits per heavy atom. The Balaban J connectivity index is 1.88. The number of pyridine rings is 1. The molecule has 0 radical (unpaired) electrons. The van der Waals surface area contributed by atoms with Gasteiger partial charge in [0, 0.05) is 23.2 Å². The Bertz CT molecular complexity index is 1380. The second kappa shape index (κ2) is 9.54. The molecule has 0 spiro atoms. The summed E-state index contributed by atoms with van der Waals surface area (Å²) in [6.45, 7) is 9.08. The number of carbonyl (C=O) groups excluding carboxylic acids is 1. The molecular weight excluding hydrogens is 456 g/mol. The highest BCUT2D eigenvalue weighted by atomic mass is 32.2. The first-order chi connectivity index (χ1) is 16.2. The topological polar surface area (TPSA) is 115 Å². The van der Waals surface area contributed by atoms with Crippen LogP contribution < -0.4 is 26.0 Å². The standard InChI is InChI=1S/C24H28N4O5S/c1-12(2)11-28-21-20(23(30)27-24(28)31)14(8-15(25-21)13(3)4)22(29)26-16-9-17-18(10-19(16)34-5)33-7-6-32-17/h8-10,12-13H,6-7,11H2,1-5H3,(H,26,29)(H,27,30,31). The Kier molecular flexibility index (Phi) is 6.70. The molecule has 1 aromatic carbocycles. The van der Waals surface area contributed by atoms with Gasteiger partial charge in [0.25, 0.3) is 11.5 Å². The van der Waals surface area contributed by atoms with Gasteiger partial charge in [-0.3, -0.25) is 19.1 Å². The molecule has 0 saturated carbocycles. The van der Waals surface area contributed by atoms with E-state index in [9.17, 15) is 14.4 Å². The number of carbonyl (C=O) groups is 1. The molecule has 3 aromatic rings. The van der Waals surface area contributed by atoms with E-state index in [-0.39, 0.29) is 28.4 Å². The Hall–Kier alpha value is -3.27. The minimum atomic E-state index is -0.639. The predicted octanol–water partition coefficient (Wildman–Crippen LogP) is 3.61. The molecule has 34 heavy (non-hydrogen) atoms. The van der Waals surface area contributed by atoms with Crippen molar-refractivity contribution in [3.05, 3.63) is 50.3 Å². The third-order valence-electron chi connectivity index (χ3n) is 5.46. The first kappa shape index (κ1) is 23.9. The van der Waals surface area contributed by atoms with E-state index in [0.29, 0.717) is 42.6 Å². The fourth-order valence-electron chi connectivity index (χ4n) is 3.83. The summed E-state index contributed by atoms with van der Waals surface area (Å²) < 4.78 is 12.7. The molecule has 4 rings (SSSR count). The zero-order valence-electron chi connectivity index (χ0n) is 19.9. The summed E-state index contributed by atoms with van der Waals surface area (Å²) in [5, 5.41) is 3.01. The van der Waals surface area contributed by atoms with Crippen molar-refractivity contribution in [2.75, 3.05) is 24.8 Å². The highest BCUT2D eigenvalue weighted by molar-refractivity contribution is 7.98. The normalized spacial score (nSPS) is 13.0. The molecule has 1 aliphatic rings. The molecule has 180 valence electrons. The van der Waals surface area contributed by atoms with Crippen LogP contribution in [0.2, 0.25) is 0 Å². The molecular formula is C24H28N4O5S. The average molecular weight is 485 g/mol. The second-order valence-electron chi connectivity index (χ2n) is 8.86. The van der Waals surface area contributed by atoms with Gasteiger partial charge in [0.2, 0.25) is 0 Å². The van der Waals surface area contributed by atoms with E-state index >= 15 is 0 Å². The predicted molar refractivity (Wildman–Crippen MR) is 133 cm³/mol. The van der Waals surface area contributed by atoms with E-state index in [1.165, 1.54) is 16.3 Å². The number of rotatable bonds is 6. The van der Waals surface area contributed by atoms with E-state index in [4.69, 9.17) is 9.47 Å². The third-order valence-corrected chi connectivity index (χ3v) is 6.24. The monoisotopic (exact) mass is 484 g/mol. The van der Waals surface area contributed by atoms with Gasteiger partial charge >= 0.3 is 5.69 Å². The van der Waals surface area contributed by atoms with Crippen LogP contribution in [0.25, 0.3) is 11.0 Å². The van der Waals surface area contributed by atoms with E-state index in [2.05, 4.69) is 15.3 Å². The largest absolute Gasteiger partial charge is 0.486 e. The average Bonchev–Trinajstić information content (AvgIpc) is 2.80. The van der Waals surface area contributed by atoms with Gasteiger partial charge in [0.15, 0.2) is 17.1 Å². The fourth-order valence-corrected chi connectivity index (χ4v) is 4.38. The molecule has 10 heteroatoms. The van der Waals surface area contributed by atoms with Crippen LogP contribution >= 0.6 is 11.8 Å². The SMILES string of the molecule is CSc1cc2c(cc1NC(=O)c1cc(C(C)C)nc3c1c(=O)[nH]c(=O)n3CC(C)C)OCCO2. The number of fused-ring (bicyclic) bond motifs is 2. The van der Waals surface area contributed by atoms with E-state index in [1.807, 2.05) is 40.0 Å². The number of aromatic amines is 1. The van der Waals surface area contributed by atoms with Crippen molar-refractivity contribution >= 4 is 34.4 Å². The molecule has 0 unspecified atom stereocenters. The molecule has 0 atom stereocenters. The first-order valence-electron chi connectivity index (χ1n) is 11.2. The van der Waals surface area contributed by atoms with Gasteiger partial charge in [-0.05, 0) is 30.2 Å². The van der Waals surface area contributed by atoms with Crippen molar-refractivity contribution in [2.24, 2.45) is 5.92 Å². The lowest BCUT2D eigenvalue weighted by Crippen LogP contribution is -2.33. The van der Waals surface area contributed by atoms with Crippen molar-refractivity contribution < 1.29 is 14.3 Å². The summed E-state index contributed by atoms with van der Waals surface area (Å²) in [4.78, 5) is 46.8. The number of benzene rings is 1. The van der Waals surface area contributed by atoms with Crippen LogP contribution in [0.3, 0.4) is 0 Å². The minimum absolute atomic E-state index is 0.0195. The van der Waals surface area contributed by atoms with E-state index in [0.717, 1.165) is 4.90 Å². The quantitative estimate of drug-likeness (QED) is 0.514. The molecule has 0 fully saturated rings. The van der Waals surface area contributed by atoms with Gasteiger partial charge in [-0.2, -0.15) is 0 Å². The molecule has 9 nitrogen and oxygen atoms in total. The Labute approximate surface area is 200 Å². The van der Waals surface area contributed by atoms with Gasteiger partial charge in [0.05, 0.1) is 16.6 Å². The Morgan fingerprint density at radius 1 is 1.15 bits per heavy atom. The molecule has 2 aromatic heterocycles. The molecule has 2 N–H and O–H groups in total. The molecule has 1 amide bonds. The van der Waals surface area contributed by atoms with Crippen molar-refractivity contribution in [1.29, 1.82) is 0 Å². The summed E-state index contributed by atoms with van der Waals surface area (Å²) in [5.74, 6) is 0.815. The maximum atomic E-state index is 13.5. The lowest BCUT2D eigenvalue weighted by Gasteiger charge is -2.21. The van der Waals surface area contributed by atoms with E-state index in [1.54, 1.807) is 12.1 Å². The van der Waals surface area contributed by atoms with Crippen LogP contribution in [-0.4, -0.2) is 39.9 Å². The van der Waals surface area contributed by atoms with Crippen molar-refractivity contribution in [2.45, 2.75) is 45.1 Å². The van der Waals surface area contributed by atoms with Gasteiger partial charge in [-0.25, -0.2) is 9.78 Å². The first-order valence-corrected chi connectivity index (χ1v) is 12.4. The maximum absolute atomic E-state index is 13.5. The zero-order valence-corrected chi connectivity index (χ0v) is 20.7. The molecule has 0 aliphatic carbocycles. The second-order valence-corrected chi connectivity index (χ2v) is 9.71. The third kappa shape index (κ3) is 4.54. The summed E-state index contributed by atoms with van der Waals surface area (Å²) >= 11 is 1.46. The lowest BCUT2D eigenvalue weighted by atomic mass is 10.0. The molecule has 3 heterocycles. The molecule has 0 saturated heterocycles. The van der Waals surface area contributed by atoms with Gasteiger partial charge in [-0.15, -0.1) is 11.8 Å². The number of hydrogen-bond acceptors (Lipinski definition) is 7. The number of aromatic nitrogens is 3. The highest BCUT2D eigenvalue weighted by Gasteiger charge is 2.23. The fraction of sp³-hybridized carbons (Fsp3) is 0.417. The highest BCUT2D eigenvalue weighted by Crippen LogP contribution is 2.39. The van der Waals surface area contributed by atoms with Crippen molar-refractivity contribution in [3.8, 4) is 11.5 Å². The van der Waals surface area contributed by atoms with Gasteiger partial charge < -0.3 is 14.8 Å². The smallest absolute Gasteiger partial charge is 0.330 e. The van der Waals surface area contributed by atoms with E-state index < -0.39 is 17.2 Å². The number of hydrogen-bond donors (Lipinski definition) is 2. The summed E-state index contributed by atoms with van der Waals surface area (Å²) in [6.07, 6.45) is 1.90. The van der Waals surface area contributed by atoms with Crippen LogP contribution in [0.1, 0.15) is 49.7 Å². The number of nitrogens with zero attached hydrogens (tertiary/aromatic N) is 2. The Morgan fingerprint density at radius 2 is 1.82 bits per heavy atom. The van der Waals surface area contributed by atoms with Crippen LogP contribution in [-0.2, 0) is 6.54 Å². The molecule has 0 bridgehead atoms. The maximum Gasteiger partial charge on any atom is 0.330 e. The number of ether oxygens (including phenoxy) is 2. The number of nitrogens with one attached hydrogen (secondary N) is 2. The van der Waals surface area contributed by atoms with Crippen LogP contribution in [0.15, 0.2) is 32.7 Å². The van der Waals surface area contributed by atoms with Crippen molar-refractivity contribution in [1.82, 2.24) is 14.5 Å². The molecule has 1 aliphatic heterocycles. The van der Waals surface area contributed by atoms with Gasteiger partial charge in [-0.1, -0.05) is 27.7 Å².